The summed E-state index contributed by atoms with van der Waals surface area (Å²) >= 11 is 0. The first kappa shape index (κ1) is 18.0. The first-order valence-corrected chi connectivity index (χ1v) is 10.3. The summed E-state index contributed by atoms with van der Waals surface area (Å²) in [4.78, 5) is 2.52. The number of benzene rings is 2. The Bertz CT molecular complexity index is 730. The van der Waals surface area contributed by atoms with E-state index in [4.69, 9.17) is 5.73 Å². The zero-order valence-electron chi connectivity index (χ0n) is 15.7. The Kier molecular flexibility index (Phi) is 5.30. The van der Waals surface area contributed by atoms with Gasteiger partial charge in [-0.15, -0.1) is 0 Å². The van der Waals surface area contributed by atoms with E-state index in [1.165, 1.54) is 22.8 Å². The van der Waals surface area contributed by atoms with E-state index in [0.29, 0.717) is 6.04 Å². The van der Waals surface area contributed by atoms with Gasteiger partial charge in [0.15, 0.2) is 0 Å². The molecule has 3 N–H and O–H groups in total. The Morgan fingerprint density at radius 3 is 2.42 bits per heavy atom. The van der Waals surface area contributed by atoms with Crippen molar-refractivity contribution in [2.45, 2.75) is 62.5 Å². The molecule has 0 amide bonds. The van der Waals surface area contributed by atoms with Crippen LogP contribution in [0.5, 0.6) is 0 Å². The maximum atomic E-state index is 11.6. The van der Waals surface area contributed by atoms with E-state index >= 15 is 0 Å². The topological polar surface area (TPSA) is 49.5 Å². The molecule has 1 aliphatic carbocycles. The van der Waals surface area contributed by atoms with Gasteiger partial charge in [-0.1, -0.05) is 61.7 Å². The fourth-order valence-electron chi connectivity index (χ4n) is 4.92. The molecule has 0 aromatic heterocycles. The first-order valence-electron chi connectivity index (χ1n) is 10.3. The van der Waals surface area contributed by atoms with Gasteiger partial charge in [-0.2, -0.15) is 0 Å². The maximum Gasteiger partial charge on any atom is 0.0728 e. The molecule has 4 rings (SSSR count). The van der Waals surface area contributed by atoms with Crippen LogP contribution in [0.3, 0.4) is 0 Å². The van der Waals surface area contributed by atoms with Crippen LogP contribution in [-0.4, -0.2) is 41.3 Å². The highest BCUT2D eigenvalue weighted by Crippen LogP contribution is 2.41. The van der Waals surface area contributed by atoms with Gasteiger partial charge in [0.25, 0.3) is 0 Å². The van der Waals surface area contributed by atoms with Crippen molar-refractivity contribution in [3.05, 3.63) is 48.0 Å². The second-order valence-electron chi connectivity index (χ2n) is 8.46. The molecule has 140 valence electrons. The van der Waals surface area contributed by atoms with Crippen LogP contribution in [0.4, 0.5) is 0 Å². The molecule has 0 bridgehead atoms. The van der Waals surface area contributed by atoms with Crippen molar-refractivity contribution in [3.8, 4) is 0 Å². The third-order valence-corrected chi connectivity index (χ3v) is 6.62. The third kappa shape index (κ3) is 3.80. The van der Waals surface area contributed by atoms with Gasteiger partial charge < -0.3 is 15.7 Å². The summed E-state index contributed by atoms with van der Waals surface area (Å²) in [5.74, 6) is 0.182. The lowest BCUT2D eigenvalue weighted by Gasteiger charge is -2.43. The molecule has 1 atom stereocenters. The molecule has 0 spiro atoms. The van der Waals surface area contributed by atoms with Gasteiger partial charge in [-0.3, -0.25) is 0 Å². The Morgan fingerprint density at radius 1 is 1.00 bits per heavy atom. The van der Waals surface area contributed by atoms with Crippen LogP contribution in [0.2, 0.25) is 0 Å². The van der Waals surface area contributed by atoms with Crippen LogP contribution in [0, 0.1) is 0 Å². The minimum Gasteiger partial charge on any atom is -0.389 e. The molecule has 1 aliphatic heterocycles. The number of hydrogen-bond donors (Lipinski definition) is 2. The minimum atomic E-state index is -0.569. The van der Waals surface area contributed by atoms with Crippen molar-refractivity contribution in [2.24, 2.45) is 5.73 Å². The summed E-state index contributed by atoms with van der Waals surface area (Å²) in [5.41, 5.74) is 6.82. The monoisotopic (exact) mass is 352 g/mol. The van der Waals surface area contributed by atoms with Gasteiger partial charge in [-0.05, 0) is 55.1 Å². The highest BCUT2D eigenvalue weighted by atomic mass is 16.3. The molecule has 3 nitrogen and oxygen atoms in total. The van der Waals surface area contributed by atoms with Crippen molar-refractivity contribution < 1.29 is 5.11 Å². The lowest BCUT2D eigenvalue weighted by atomic mass is 9.72. The van der Waals surface area contributed by atoms with Crippen LogP contribution in [0.25, 0.3) is 10.8 Å². The second-order valence-corrected chi connectivity index (χ2v) is 8.46. The average Bonchev–Trinajstić information content (AvgIpc) is 2.67. The molecular formula is C23H32N2O. The van der Waals surface area contributed by atoms with E-state index in [1.807, 2.05) is 0 Å². The van der Waals surface area contributed by atoms with Crippen LogP contribution >= 0.6 is 0 Å². The summed E-state index contributed by atoms with van der Waals surface area (Å²) in [6, 6.07) is 15.7. The van der Waals surface area contributed by atoms with E-state index in [2.05, 4.69) is 47.4 Å². The number of piperidine rings is 1. The molecule has 26 heavy (non-hydrogen) atoms. The van der Waals surface area contributed by atoms with Crippen LogP contribution in [-0.2, 0) is 0 Å². The summed E-state index contributed by atoms with van der Waals surface area (Å²) in [6.07, 6.45) is 7.55. The fourth-order valence-corrected chi connectivity index (χ4v) is 4.92. The molecule has 0 radical (unpaired) electrons. The predicted molar refractivity (Wildman–Crippen MR) is 108 cm³/mol. The highest BCUT2D eigenvalue weighted by Gasteiger charge is 2.39. The van der Waals surface area contributed by atoms with Gasteiger partial charge in [-0.25, -0.2) is 0 Å². The second kappa shape index (κ2) is 7.67. The van der Waals surface area contributed by atoms with Crippen LogP contribution in [0.15, 0.2) is 42.5 Å². The average molecular weight is 353 g/mol. The number of hydrogen-bond acceptors (Lipinski definition) is 3. The number of aliphatic hydroxyl groups is 1. The molecular weight excluding hydrogens is 320 g/mol. The number of nitrogens with zero attached hydrogens (tertiary/aromatic N) is 1. The number of nitrogens with two attached hydrogens (primary N) is 1. The number of fused-ring (bicyclic) bond motifs is 1. The lowest BCUT2D eigenvalue weighted by molar-refractivity contribution is -0.0324. The molecule has 2 aromatic carbocycles. The Labute approximate surface area is 157 Å². The van der Waals surface area contributed by atoms with Crippen molar-refractivity contribution >= 4 is 10.8 Å². The molecule has 1 saturated heterocycles. The summed E-state index contributed by atoms with van der Waals surface area (Å²) < 4.78 is 0. The summed E-state index contributed by atoms with van der Waals surface area (Å²) in [6.45, 7) is 3.06. The summed E-state index contributed by atoms with van der Waals surface area (Å²) in [5, 5.41) is 14.1. The first-order chi connectivity index (χ1) is 12.6. The van der Waals surface area contributed by atoms with Crippen molar-refractivity contribution in [2.75, 3.05) is 19.6 Å². The summed E-state index contributed by atoms with van der Waals surface area (Å²) in [7, 11) is 0. The van der Waals surface area contributed by atoms with Crippen molar-refractivity contribution in [3.63, 3.8) is 0 Å². The fraction of sp³-hybridized carbons (Fsp3) is 0.565. The molecule has 1 unspecified atom stereocenters. The van der Waals surface area contributed by atoms with Gasteiger partial charge >= 0.3 is 0 Å². The van der Waals surface area contributed by atoms with Gasteiger partial charge in [0.05, 0.1) is 5.60 Å². The lowest BCUT2D eigenvalue weighted by Crippen LogP contribution is -2.47. The van der Waals surface area contributed by atoms with Crippen LogP contribution < -0.4 is 5.73 Å². The molecule has 2 aliphatic rings. The molecule has 2 aromatic rings. The number of rotatable bonds is 4. The van der Waals surface area contributed by atoms with Gasteiger partial charge in [0, 0.05) is 18.5 Å². The molecule has 1 saturated carbocycles. The van der Waals surface area contributed by atoms with Gasteiger partial charge in [0.2, 0.25) is 0 Å². The quantitative estimate of drug-likeness (QED) is 0.873. The van der Waals surface area contributed by atoms with Crippen molar-refractivity contribution in [1.82, 2.24) is 4.90 Å². The normalized spacial score (nSPS) is 23.2. The third-order valence-electron chi connectivity index (χ3n) is 6.62. The van der Waals surface area contributed by atoms with E-state index in [0.717, 1.165) is 58.2 Å². The molecule has 1 heterocycles. The van der Waals surface area contributed by atoms with E-state index in [1.54, 1.807) is 0 Å². The van der Waals surface area contributed by atoms with E-state index in [9.17, 15) is 5.11 Å². The predicted octanol–water partition coefficient (Wildman–Crippen LogP) is 4.04. The maximum absolute atomic E-state index is 11.6. The molecule has 3 heteroatoms. The SMILES string of the molecule is NC1CCN(CC(c2ccc3ccccc3c2)C2(O)CCCCC2)CC1. The zero-order chi connectivity index (χ0) is 18.0. The smallest absolute Gasteiger partial charge is 0.0728 e. The zero-order valence-corrected chi connectivity index (χ0v) is 15.7. The standard InChI is InChI=1S/C23H32N2O/c24-21-10-14-25(15-11-21)17-22(23(26)12-4-1-5-13-23)20-9-8-18-6-2-3-7-19(18)16-20/h2-3,6-9,16,21-22,26H,1,4-5,10-15,17,24H2. The molecule has 2 fully saturated rings. The van der Waals surface area contributed by atoms with Crippen LogP contribution in [0.1, 0.15) is 56.4 Å². The largest absolute Gasteiger partial charge is 0.389 e. The van der Waals surface area contributed by atoms with Crippen molar-refractivity contribution in [1.29, 1.82) is 0 Å². The minimum absolute atomic E-state index is 0.182. The Morgan fingerprint density at radius 2 is 1.69 bits per heavy atom. The van der Waals surface area contributed by atoms with E-state index < -0.39 is 5.60 Å². The van der Waals surface area contributed by atoms with Gasteiger partial charge in [0.1, 0.15) is 0 Å². The highest BCUT2D eigenvalue weighted by molar-refractivity contribution is 5.83. The Balaban J connectivity index is 1.64. The van der Waals surface area contributed by atoms with E-state index in [-0.39, 0.29) is 5.92 Å². The Hall–Kier alpha value is -1.42. The number of likely N-dealkylation sites (tertiary alicyclic amines) is 1.